The molecule has 2 aromatic rings. The molecule has 0 aromatic heterocycles. The van der Waals surface area contributed by atoms with Crippen molar-refractivity contribution in [2.45, 2.75) is 13.8 Å². The molecule has 0 bridgehead atoms. The molecule has 2 nitrogen and oxygen atoms in total. The summed E-state index contributed by atoms with van der Waals surface area (Å²) in [6.07, 6.45) is 0. The first-order valence-corrected chi connectivity index (χ1v) is 6.02. The number of halogens is 4. The van der Waals surface area contributed by atoms with Gasteiger partial charge < -0.3 is 5.32 Å². The van der Waals surface area contributed by atoms with Crippen LogP contribution in [0.5, 0.6) is 0 Å². The van der Waals surface area contributed by atoms with Gasteiger partial charge in [0.05, 0.1) is 5.56 Å². The van der Waals surface area contributed by atoms with Gasteiger partial charge in [0.1, 0.15) is 0 Å². The van der Waals surface area contributed by atoms with E-state index in [4.69, 9.17) is 0 Å². The SMILES string of the molecule is Cc1cc(C)cc(NC(=O)c2cc(F)c(F)c(F)c2F)c1. The van der Waals surface area contributed by atoms with Gasteiger partial charge in [0, 0.05) is 5.69 Å². The lowest BCUT2D eigenvalue weighted by Gasteiger charge is -2.09. The Balaban J connectivity index is 2.37. The van der Waals surface area contributed by atoms with Crippen LogP contribution in [0.3, 0.4) is 0 Å². The number of nitrogens with one attached hydrogen (secondary N) is 1. The molecule has 0 unspecified atom stereocenters. The van der Waals surface area contributed by atoms with Crippen molar-refractivity contribution in [3.8, 4) is 0 Å². The number of benzene rings is 2. The molecule has 0 atom stereocenters. The molecular formula is C15H11F4NO. The van der Waals surface area contributed by atoms with Crippen LogP contribution in [0.2, 0.25) is 0 Å². The van der Waals surface area contributed by atoms with Gasteiger partial charge in [-0.25, -0.2) is 17.6 Å². The van der Waals surface area contributed by atoms with Crippen LogP contribution in [0.1, 0.15) is 21.5 Å². The van der Waals surface area contributed by atoms with E-state index in [0.29, 0.717) is 11.8 Å². The number of rotatable bonds is 2. The molecule has 2 aromatic carbocycles. The van der Waals surface area contributed by atoms with Crippen LogP contribution in [-0.2, 0) is 0 Å². The average molecular weight is 297 g/mol. The van der Waals surface area contributed by atoms with E-state index in [-0.39, 0.29) is 0 Å². The highest BCUT2D eigenvalue weighted by Gasteiger charge is 2.23. The van der Waals surface area contributed by atoms with Crippen LogP contribution < -0.4 is 5.32 Å². The standard InChI is InChI=1S/C15H11F4NO/c1-7-3-8(2)5-9(4-7)20-15(21)10-6-11(16)13(18)14(19)12(10)17/h3-6H,1-2H3,(H,20,21). The largest absolute Gasteiger partial charge is 0.322 e. The fraction of sp³-hybridized carbons (Fsp3) is 0.133. The van der Waals surface area contributed by atoms with E-state index >= 15 is 0 Å². The van der Waals surface area contributed by atoms with Crippen molar-refractivity contribution in [2.75, 3.05) is 5.32 Å². The maximum atomic E-state index is 13.5. The second-order valence-corrected chi connectivity index (χ2v) is 4.68. The van der Waals surface area contributed by atoms with Gasteiger partial charge in [0.2, 0.25) is 0 Å². The Labute approximate surface area is 118 Å². The summed E-state index contributed by atoms with van der Waals surface area (Å²) >= 11 is 0. The molecule has 0 radical (unpaired) electrons. The third kappa shape index (κ3) is 3.04. The Morgan fingerprint density at radius 1 is 0.857 bits per heavy atom. The number of carbonyl (C=O) groups is 1. The summed E-state index contributed by atoms with van der Waals surface area (Å²) < 4.78 is 52.6. The second kappa shape index (κ2) is 5.55. The molecule has 1 N–H and O–H groups in total. The van der Waals surface area contributed by atoms with E-state index < -0.39 is 34.7 Å². The van der Waals surface area contributed by atoms with Crippen molar-refractivity contribution < 1.29 is 22.4 Å². The normalized spacial score (nSPS) is 10.6. The molecule has 0 saturated carbocycles. The minimum atomic E-state index is -2.01. The molecule has 0 aliphatic carbocycles. The van der Waals surface area contributed by atoms with Gasteiger partial charge in [0.25, 0.3) is 5.91 Å². The van der Waals surface area contributed by atoms with Crippen LogP contribution in [0.25, 0.3) is 0 Å². The molecule has 21 heavy (non-hydrogen) atoms. The Morgan fingerprint density at radius 3 is 2.00 bits per heavy atom. The molecule has 110 valence electrons. The number of amides is 1. The molecule has 6 heteroatoms. The van der Waals surface area contributed by atoms with Crippen molar-refractivity contribution in [1.29, 1.82) is 0 Å². The molecule has 0 heterocycles. The topological polar surface area (TPSA) is 29.1 Å². The maximum Gasteiger partial charge on any atom is 0.258 e. The van der Waals surface area contributed by atoms with E-state index in [2.05, 4.69) is 5.32 Å². The van der Waals surface area contributed by atoms with E-state index in [1.807, 2.05) is 6.07 Å². The zero-order valence-corrected chi connectivity index (χ0v) is 11.2. The summed E-state index contributed by atoms with van der Waals surface area (Å²) in [6.45, 7) is 3.58. The summed E-state index contributed by atoms with van der Waals surface area (Å²) in [5.74, 6) is -8.37. The Kier molecular flexibility index (Phi) is 3.97. The predicted octanol–water partition coefficient (Wildman–Crippen LogP) is 4.11. The highest BCUT2D eigenvalue weighted by molar-refractivity contribution is 6.04. The van der Waals surface area contributed by atoms with Gasteiger partial charge in [-0.05, 0) is 43.2 Å². The molecule has 0 aliphatic heterocycles. The lowest BCUT2D eigenvalue weighted by molar-refractivity contribution is 0.102. The molecule has 0 aliphatic rings. The fourth-order valence-electron chi connectivity index (χ4n) is 1.98. The van der Waals surface area contributed by atoms with E-state index in [1.54, 1.807) is 26.0 Å². The van der Waals surface area contributed by atoms with Gasteiger partial charge >= 0.3 is 0 Å². The van der Waals surface area contributed by atoms with Gasteiger partial charge in [-0.3, -0.25) is 4.79 Å². The lowest BCUT2D eigenvalue weighted by atomic mass is 10.1. The minimum Gasteiger partial charge on any atom is -0.322 e. The Morgan fingerprint density at radius 2 is 1.43 bits per heavy atom. The average Bonchev–Trinajstić information content (AvgIpc) is 2.39. The molecular weight excluding hydrogens is 286 g/mol. The highest BCUT2D eigenvalue weighted by atomic mass is 19.2. The summed E-state index contributed by atoms with van der Waals surface area (Å²) in [5.41, 5.74) is 1.15. The van der Waals surface area contributed by atoms with Gasteiger partial charge in [-0.1, -0.05) is 6.07 Å². The van der Waals surface area contributed by atoms with E-state index in [1.165, 1.54) is 0 Å². The van der Waals surface area contributed by atoms with Gasteiger partial charge in [0.15, 0.2) is 23.3 Å². The van der Waals surface area contributed by atoms with Crippen LogP contribution in [0.4, 0.5) is 23.2 Å². The Bertz CT molecular complexity index is 708. The minimum absolute atomic E-state index is 0.325. The first-order valence-electron chi connectivity index (χ1n) is 6.02. The quantitative estimate of drug-likeness (QED) is 0.504. The smallest absolute Gasteiger partial charge is 0.258 e. The molecule has 1 amide bonds. The van der Waals surface area contributed by atoms with Crippen LogP contribution in [0.15, 0.2) is 24.3 Å². The number of hydrogen-bond acceptors (Lipinski definition) is 1. The number of aryl methyl sites for hydroxylation is 2. The van der Waals surface area contributed by atoms with Gasteiger partial charge in [-0.15, -0.1) is 0 Å². The highest BCUT2D eigenvalue weighted by Crippen LogP contribution is 2.21. The van der Waals surface area contributed by atoms with Gasteiger partial charge in [-0.2, -0.15) is 0 Å². The number of carbonyl (C=O) groups excluding carboxylic acids is 1. The summed E-state index contributed by atoms with van der Waals surface area (Å²) in [4.78, 5) is 11.9. The van der Waals surface area contributed by atoms with E-state index in [9.17, 15) is 22.4 Å². The maximum absolute atomic E-state index is 13.5. The van der Waals surface area contributed by atoms with Crippen LogP contribution >= 0.6 is 0 Å². The monoisotopic (exact) mass is 297 g/mol. The Hall–Kier alpha value is -2.37. The van der Waals surface area contributed by atoms with Crippen LogP contribution in [0, 0.1) is 37.1 Å². The summed E-state index contributed by atoms with van der Waals surface area (Å²) in [7, 11) is 0. The lowest BCUT2D eigenvalue weighted by Crippen LogP contribution is -2.16. The van der Waals surface area contributed by atoms with Crippen LogP contribution in [-0.4, -0.2) is 5.91 Å². The summed E-state index contributed by atoms with van der Waals surface area (Å²) in [6, 6.07) is 5.40. The molecule has 0 saturated heterocycles. The zero-order valence-electron chi connectivity index (χ0n) is 11.2. The molecule has 0 fully saturated rings. The first kappa shape index (κ1) is 15.0. The van der Waals surface area contributed by atoms with Crippen molar-refractivity contribution in [2.24, 2.45) is 0 Å². The molecule has 2 rings (SSSR count). The number of anilines is 1. The van der Waals surface area contributed by atoms with E-state index in [0.717, 1.165) is 11.1 Å². The van der Waals surface area contributed by atoms with Crippen molar-refractivity contribution in [3.05, 3.63) is 64.2 Å². The number of hydrogen-bond donors (Lipinski definition) is 1. The van der Waals surface area contributed by atoms with Crippen molar-refractivity contribution in [1.82, 2.24) is 0 Å². The second-order valence-electron chi connectivity index (χ2n) is 4.68. The van der Waals surface area contributed by atoms with Crippen molar-refractivity contribution in [3.63, 3.8) is 0 Å². The molecule has 0 spiro atoms. The zero-order chi connectivity index (χ0) is 15.7. The first-order chi connectivity index (χ1) is 9.79. The summed E-state index contributed by atoms with van der Waals surface area (Å²) in [5, 5.41) is 2.32. The third-order valence-electron chi connectivity index (χ3n) is 2.83. The predicted molar refractivity (Wildman–Crippen MR) is 70.1 cm³/mol. The van der Waals surface area contributed by atoms with Crippen molar-refractivity contribution >= 4 is 11.6 Å². The fourth-order valence-corrected chi connectivity index (χ4v) is 1.98. The third-order valence-corrected chi connectivity index (χ3v) is 2.83.